The number of carbonyl (C=O) groups is 1. The molecule has 0 aliphatic rings. The van der Waals surface area contributed by atoms with Gasteiger partial charge in [-0.2, -0.15) is 0 Å². The van der Waals surface area contributed by atoms with Gasteiger partial charge in [-0.15, -0.1) is 0 Å². The minimum absolute atomic E-state index is 0.0577. The Morgan fingerprint density at radius 2 is 1.90 bits per heavy atom. The predicted molar refractivity (Wildman–Crippen MR) is 76.6 cm³/mol. The highest BCUT2D eigenvalue weighted by Crippen LogP contribution is 2.27. The molecular weight excluding hydrogens is 276 g/mol. The zero-order chi connectivity index (χ0) is 15.6. The highest BCUT2D eigenvalue weighted by Gasteiger charge is 2.15. The van der Waals surface area contributed by atoms with Crippen molar-refractivity contribution in [1.82, 2.24) is 0 Å². The maximum atomic E-state index is 13.5. The molecule has 0 spiro atoms. The SMILES string of the molecule is CC(=O)c1cc(F)cc(CN(C)c2cccc(F)c2)c1O. The number of aromatic hydroxyl groups is 1. The van der Waals surface area contributed by atoms with Crippen LogP contribution < -0.4 is 4.90 Å². The average molecular weight is 291 g/mol. The van der Waals surface area contributed by atoms with Gasteiger partial charge in [0.2, 0.25) is 0 Å². The average Bonchev–Trinajstić information content (AvgIpc) is 2.42. The van der Waals surface area contributed by atoms with Gasteiger partial charge in [-0.3, -0.25) is 4.79 Å². The molecule has 0 saturated heterocycles. The van der Waals surface area contributed by atoms with Crippen LogP contribution in [0.25, 0.3) is 0 Å². The third-order valence-electron chi connectivity index (χ3n) is 3.19. The molecule has 5 heteroatoms. The maximum Gasteiger partial charge on any atom is 0.163 e. The van der Waals surface area contributed by atoms with Crippen LogP contribution in [-0.4, -0.2) is 17.9 Å². The lowest BCUT2D eigenvalue weighted by atomic mass is 10.0. The van der Waals surface area contributed by atoms with Crippen LogP contribution in [0.2, 0.25) is 0 Å². The summed E-state index contributed by atoms with van der Waals surface area (Å²) in [5.74, 6) is -1.64. The van der Waals surface area contributed by atoms with E-state index < -0.39 is 11.6 Å². The van der Waals surface area contributed by atoms with Crippen molar-refractivity contribution in [2.45, 2.75) is 13.5 Å². The quantitative estimate of drug-likeness (QED) is 0.876. The van der Waals surface area contributed by atoms with Gasteiger partial charge in [0.25, 0.3) is 0 Å². The van der Waals surface area contributed by atoms with E-state index in [-0.39, 0.29) is 29.2 Å². The van der Waals surface area contributed by atoms with Crippen LogP contribution in [0.4, 0.5) is 14.5 Å². The molecule has 0 radical (unpaired) electrons. The van der Waals surface area contributed by atoms with Crippen LogP contribution in [0.1, 0.15) is 22.8 Å². The molecule has 0 aliphatic heterocycles. The first-order valence-electron chi connectivity index (χ1n) is 6.37. The van der Waals surface area contributed by atoms with Crippen molar-refractivity contribution in [1.29, 1.82) is 0 Å². The number of nitrogens with zero attached hydrogens (tertiary/aromatic N) is 1. The van der Waals surface area contributed by atoms with Gasteiger partial charge in [0, 0.05) is 24.8 Å². The number of ketones is 1. The van der Waals surface area contributed by atoms with E-state index in [9.17, 15) is 18.7 Å². The summed E-state index contributed by atoms with van der Waals surface area (Å²) in [5, 5.41) is 10.0. The Morgan fingerprint density at radius 3 is 2.52 bits per heavy atom. The monoisotopic (exact) mass is 291 g/mol. The van der Waals surface area contributed by atoms with Crippen molar-refractivity contribution in [2.24, 2.45) is 0 Å². The first-order chi connectivity index (χ1) is 9.88. The molecule has 2 aromatic rings. The summed E-state index contributed by atoms with van der Waals surface area (Å²) in [6.45, 7) is 1.40. The first kappa shape index (κ1) is 15.0. The van der Waals surface area contributed by atoms with E-state index in [0.717, 1.165) is 12.1 Å². The van der Waals surface area contributed by atoms with Crippen molar-refractivity contribution in [3.05, 3.63) is 59.2 Å². The fourth-order valence-corrected chi connectivity index (χ4v) is 2.10. The minimum Gasteiger partial charge on any atom is -0.507 e. The molecule has 0 bridgehead atoms. The summed E-state index contributed by atoms with van der Waals surface area (Å²) in [7, 11) is 1.69. The second kappa shape index (κ2) is 5.91. The molecule has 110 valence electrons. The highest BCUT2D eigenvalue weighted by atomic mass is 19.1. The second-order valence-corrected chi connectivity index (χ2v) is 4.85. The summed E-state index contributed by atoms with van der Waals surface area (Å²) < 4.78 is 26.7. The Balaban J connectivity index is 2.33. The van der Waals surface area contributed by atoms with Gasteiger partial charge in [-0.25, -0.2) is 8.78 Å². The smallest absolute Gasteiger partial charge is 0.163 e. The van der Waals surface area contributed by atoms with Crippen LogP contribution in [0.3, 0.4) is 0 Å². The molecule has 0 aliphatic carbocycles. The number of rotatable bonds is 4. The second-order valence-electron chi connectivity index (χ2n) is 4.85. The number of benzene rings is 2. The fraction of sp³-hybridized carbons (Fsp3) is 0.188. The zero-order valence-electron chi connectivity index (χ0n) is 11.7. The Kier molecular flexibility index (Phi) is 4.21. The predicted octanol–water partition coefficient (Wildman–Crippen LogP) is 3.51. The van der Waals surface area contributed by atoms with E-state index in [4.69, 9.17) is 0 Å². The van der Waals surface area contributed by atoms with Crippen LogP contribution in [0.5, 0.6) is 5.75 Å². The molecule has 2 aromatic carbocycles. The van der Waals surface area contributed by atoms with Gasteiger partial charge in [-0.05, 0) is 37.3 Å². The molecule has 0 amide bonds. The molecule has 0 atom stereocenters. The Hall–Kier alpha value is -2.43. The number of phenols is 1. The fourth-order valence-electron chi connectivity index (χ4n) is 2.10. The lowest BCUT2D eigenvalue weighted by molar-refractivity contribution is 0.101. The highest BCUT2D eigenvalue weighted by molar-refractivity contribution is 5.97. The summed E-state index contributed by atoms with van der Waals surface area (Å²) in [6, 6.07) is 8.09. The summed E-state index contributed by atoms with van der Waals surface area (Å²) in [6.07, 6.45) is 0. The Labute approximate surface area is 121 Å². The molecule has 0 fully saturated rings. The van der Waals surface area contributed by atoms with Crippen LogP contribution in [0, 0.1) is 11.6 Å². The molecule has 3 nitrogen and oxygen atoms in total. The van der Waals surface area contributed by atoms with E-state index in [1.54, 1.807) is 24.1 Å². The van der Waals surface area contributed by atoms with Crippen LogP contribution in [-0.2, 0) is 6.54 Å². The third-order valence-corrected chi connectivity index (χ3v) is 3.19. The number of Topliss-reactive ketones (excluding diaryl/α,β-unsaturated/α-hetero) is 1. The number of phenolic OH excluding ortho intramolecular Hbond substituents is 1. The molecule has 0 aromatic heterocycles. The molecular formula is C16H15F2NO2. The normalized spacial score (nSPS) is 10.5. The van der Waals surface area contributed by atoms with Gasteiger partial charge in [0.05, 0.1) is 5.56 Å². The van der Waals surface area contributed by atoms with E-state index in [0.29, 0.717) is 5.69 Å². The molecule has 1 N–H and O–H groups in total. The maximum absolute atomic E-state index is 13.5. The van der Waals surface area contributed by atoms with Gasteiger partial charge in [0.1, 0.15) is 17.4 Å². The molecule has 21 heavy (non-hydrogen) atoms. The minimum atomic E-state index is -0.597. The van der Waals surface area contributed by atoms with Crippen molar-refractivity contribution in [2.75, 3.05) is 11.9 Å². The molecule has 0 saturated carbocycles. The molecule has 0 heterocycles. The summed E-state index contributed by atoms with van der Waals surface area (Å²) in [5.41, 5.74) is 0.799. The lowest BCUT2D eigenvalue weighted by Gasteiger charge is -2.20. The Morgan fingerprint density at radius 1 is 1.19 bits per heavy atom. The van der Waals surface area contributed by atoms with E-state index in [2.05, 4.69) is 0 Å². The van der Waals surface area contributed by atoms with Crippen LogP contribution >= 0.6 is 0 Å². The van der Waals surface area contributed by atoms with Crippen LogP contribution in [0.15, 0.2) is 36.4 Å². The number of hydrogen-bond donors (Lipinski definition) is 1. The first-order valence-corrected chi connectivity index (χ1v) is 6.37. The van der Waals surface area contributed by atoms with Crippen molar-refractivity contribution in [3.8, 4) is 5.75 Å². The van der Waals surface area contributed by atoms with Gasteiger partial charge < -0.3 is 10.0 Å². The summed E-state index contributed by atoms with van der Waals surface area (Å²) in [4.78, 5) is 13.0. The number of halogens is 2. The zero-order valence-corrected chi connectivity index (χ0v) is 11.7. The lowest BCUT2D eigenvalue weighted by Crippen LogP contribution is -2.17. The molecule has 2 rings (SSSR count). The summed E-state index contributed by atoms with van der Waals surface area (Å²) >= 11 is 0. The van der Waals surface area contributed by atoms with Gasteiger partial charge in [-0.1, -0.05) is 6.07 Å². The van der Waals surface area contributed by atoms with Crippen molar-refractivity contribution >= 4 is 11.5 Å². The Bertz CT molecular complexity index is 686. The number of carbonyl (C=O) groups excluding carboxylic acids is 1. The van der Waals surface area contributed by atoms with E-state index in [1.165, 1.54) is 19.1 Å². The van der Waals surface area contributed by atoms with E-state index >= 15 is 0 Å². The third kappa shape index (κ3) is 3.37. The standard InChI is InChI=1S/C16H15F2NO2/c1-10(20)15-8-13(18)6-11(16(15)21)9-19(2)14-5-3-4-12(17)7-14/h3-8,21H,9H2,1-2H3. The topological polar surface area (TPSA) is 40.5 Å². The molecule has 0 unspecified atom stereocenters. The number of anilines is 1. The number of hydrogen-bond acceptors (Lipinski definition) is 3. The van der Waals surface area contributed by atoms with E-state index in [1.807, 2.05) is 0 Å². The van der Waals surface area contributed by atoms with Crippen molar-refractivity contribution < 1.29 is 18.7 Å². The largest absolute Gasteiger partial charge is 0.507 e. The van der Waals surface area contributed by atoms with Gasteiger partial charge in [0.15, 0.2) is 5.78 Å². The van der Waals surface area contributed by atoms with Crippen molar-refractivity contribution in [3.63, 3.8) is 0 Å². The van der Waals surface area contributed by atoms with Gasteiger partial charge >= 0.3 is 0 Å².